The van der Waals surface area contributed by atoms with Crippen LogP contribution >= 0.6 is 0 Å². The normalized spacial score (nSPS) is 12.0. The molecule has 0 fully saturated rings. The molecule has 0 aliphatic carbocycles. The van der Waals surface area contributed by atoms with Gasteiger partial charge >= 0.3 is 5.97 Å². The highest BCUT2D eigenvalue weighted by Crippen LogP contribution is 2.19. The highest BCUT2D eigenvalue weighted by Gasteiger charge is 2.26. The van der Waals surface area contributed by atoms with Gasteiger partial charge in [0.05, 0.1) is 6.42 Å². The van der Waals surface area contributed by atoms with Crippen molar-refractivity contribution in [3.63, 3.8) is 0 Å². The van der Waals surface area contributed by atoms with Crippen LogP contribution in [-0.4, -0.2) is 17.9 Å². The first-order chi connectivity index (χ1) is 14.3. The average Bonchev–Trinajstić information content (AvgIpc) is 2.72. The van der Waals surface area contributed by atoms with Gasteiger partial charge in [-0.1, -0.05) is 80.1 Å². The van der Waals surface area contributed by atoms with E-state index in [1.54, 1.807) is 0 Å². The van der Waals surface area contributed by atoms with Crippen LogP contribution in [0.25, 0.3) is 10.8 Å². The van der Waals surface area contributed by atoms with Crippen molar-refractivity contribution in [2.24, 2.45) is 5.92 Å². The number of nitrogens with one attached hydrogen (secondary N) is 1. The number of esters is 1. The first-order valence-electron chi connectivity index (χ1n) is 10.3. The maximum absolute atomic E-state index is 12.7. The van der Waals surface area contributed by atoms with E-state index in [0.717, 1.165) is 33.0 Å². The monoisotopic (exact) mass is 403 g/mol. The minimum atomic E-state index is -0.683. The molecule has 0 radical (unpaired) electrons. The Morgan fingerprint density at radius 3 is 2.43 bits per heavy atom. The van der Waals surface area contributed by atoms with Crippen LogP contribution in [-0.2, 0) is 27.4 Å². The van der Waals surface area contributed by atoms with Gasteiger partial charge in [0.15, 0.2) is 0 Å². The van der Waals surface area contributed by atoms with Gasteiger partial charge < -0.3 is 10.1 Å². The summed E-state index contributed by atoms with van der Waals surface area (Å²) in [5.74, 6) is -0.668. The molecule has 30 heavy (non-hydrogen) atoms. The molecule has 1 N–H and O–H groups in total. The van der Waals surface area contributed by atoms with Gasteiger partial charge in [0.1, 0.15) is 12.6 Å². The topological polar surface area (TPSA) is 55.4 Å². The molecular formula is C26H29NO3. The number of amides is 1. The molecule has 3 rings (SSSR count). The predicted octanol–water partition coefficient (Wildman–Crippen LogP) is 4.88. The lowest BCUT2D eigenvalue weighted by molar-refractivity contribution is -0.150. The molecule has 0 saturated carbocycles. The second-order valence-electron chi connectivity index (χ2n) is 8.14. The van der Waals surface area contributed by atoms with Gasteiger partial charge in [0.25, 0.3) is 0 Å². The van der Waals surface area contributed by atoms with Crippen LogP contribution in [0.4, 0.5) is 0 Å². The second-order valence-corrected chi connectivity index (χ2v) is 8.14. The molecule has 0 aromatic heterocycles. The van der Waals surface area contributed by atoms with Gasteiger partial charge in [-0.2, -0.15) is 0 Å². The summed E-state index contributed by atoms with van der Waals surface area (Å²) in [4.78, 5) is 25.4. The summed E-state index contributed by atoms with van der Waals surface area (Å²) in [6.45, 7) is 8.02. The van der Waals surface area contributed by atoms with E-state index in [2.05, 4.69) is 5.32 Å². The predicted molar refractivity (Wildman–Crippen MR) is 120 cm³/mol. The number of hydrogen-bond acceptors (Lipinski definition) is 3. The molecule has 0 spiro atoms. The first-order valence-corrected chi connectivity index (χ1v) is 10.3. The number of hydrogen-bond donors (Lipinski definition) is 1. The van der Waals surface area contributed by atoms with Crippen LogP contribution in [0.1, 0.15) is 36.1 Å². The van der Waals surface area contributed by atoms with E-state index >= 15 is 0 Å². The maximum atomic E-state index is 12.7. The minimum absolute atomic E-state index is 0.0763. The van der Waals surface area contributed by atoms with Crippen molar-refractivity contribution in [1.82, 2.24) is 5.32 Å². The zero-order chi connectivity index (χ0) is 21.7. The van der Waals surface area contributed by atoms with Gasteiger partial charge in [-0.25, -0.2) is 4.79 Å². The van der Waals surface area contributed by atoms with Crippen molar-refractivity contribution in [2.45, 2.75) is 46.8 Å². The Kier molecular flexibility index (Phi) is 6.88. The van der Waals surface area contributed by atoms with Crippen LogP contribution in [0.15, 0.2) is 60.7 Å². The van der Waals surface area contributed by atoms with Gasteiger partial charge in [0, 0.05) is 0 Å². The van der Waals surface area contributed by atoms with Crippen molar-refractivity contribution < 1.29 is 14.3 Å². The Morgan fingerprint density at radius 1 is 0.933 bits per heavy atom. The third kappa shape index (κ3) is 5.26. The largest absolute Gasteiger partial charge is 0.459 e. The molecule has 3 aromatic carbocycles. The summed E-state index contributed by atoms with van der Waals surface area (Å²) in [6.07, 6.45) is 0.217. The number of carbonyl (C=O) groups excluding carboxylic acids is 2. The minimum Gasteiger partial charge on any atom is -0.459 e. The highest BCUT2D eigenvalue weighted by atomic mass is 16.5. The zero-order valence-corrected chi connectivity index (χ0v) is 18.1. The first kappa shape index (κ1) is 21.6. The molecule has 1 amide bonds. The number of fused-ring (bicyclic) bond motifs is 1. The number of benzene rings is 3. The molecule has 1 atom stereocenters. The molecule has 0 aliphatic heterocycles. The molecule has 4 heteroatoms. The number of ether oxygens (including phenoxy) is 1. The molecule has 156 valence electrons. The summed E-state index contributed by atoms with van der Waals surface area (Å²) in [5.41, 5.74) is 4.12. The van der Waals surface area contributed by atoms with Crippen molar-refractivity contribution >= 4 is 22.6 Å². The van der Waals surface area contributed by atoms with E-state index < -0.39 is 12.0 Å². The second kappa shape index (κ2) is 9.57. The van der Waals surface area contributed by atoms with Crippen LogP contribution in [0, 0.1) is 19.8 Å². The van der Waals surface area contributed by atoms with E-state index in [4.69, 9.17) is 4.74 Å². The standard InChI is InChI=1S/C26H29NO3/c1-17(2)25(26(29)30-16-22-14-18(3)12-13-19(22)4)27-24(28)15-21-10-7-9-20-8-5-6-11-23(20)21/h5-14,17,25H,15-16H2,1-4H3,(H,27,28)/t25-/m0/s1. The van der Waals surface area contributed by atoms with Crippen LogP contribution < -0.4 is 5.32 Å². The number of rotatable bonds is 7. The third-order valence-corrected chi connectivity index (χ3v) is 5.34. The third-order valence-electron chi connectivity index (χ3n) is 5.34. The van der Waals surface area contributed by atoms with E-state index in [1.165, 1.54) is 0 Å². The molecule has 0 unspecified atom stereocenters. The fourth-order valence-electron chi connectivity index (χ4n) is 3.54. The summed E-state index contributed by atoms with van der Waals surface area (Å²) in [6, 6.07) is 19.3. The van der Waals surface area contributed by atoms with E-state index in [-0.39, 0.29) is 24.9 Å². The lowest BCUT2D eigenvalue weighted by atomic mass is 10.0. The molecule has 0 heterocycles. The Bertz CT molecular complexity index is 1050. The molecule has 3 aromatic rings. The zero-order valence-electron chi connectivity index (χ0n) is 18.1. The fourth-order valence-corrected chi connectivity index (χ4v) is 3.54. The van der Waals surface area contributed by atoms with Crippen LogP contribution in [0.2, 0.25) is 0 Å². The smallest absolute Gasteiger partial charge is 0.329 e. The summed E-state index contributed by atoms with van der Waals surface area (Å²) in [7, 11) is 0. The Hall–Kier alpha value is -3.14. The van der Waals surface area contributed by atoms with E-state index in [1.807, 2.05) is 88.4 Å². The molecule has 0 aliphatic rings. The van der Waals surface area contributed by atoms with Crippen LogP contribution in [0.3, 0.4) is 0 Å². The maximum Gasteiger partial charge on any atom is 0.329 e. The SMILES string of the molecule is Cc1ccc(C)c(COC(=O)[C@@H](NC(=O)Cc2cccc3ccccc23)C(C)C)c1. The lowest BCUT2D eigenvalue weighted by Crippen LogP contribution is -2.45. The summed E-state index contributed by atoms with van der Waals surface area (Å²) >= 11 is 0. The Morgan fingerprint density at radius 2 is 1.67 bits per heavy atom. The van der Waals surface area contributed by atoms with Gasteiger partial charge in [-0.3, -0.25) is 4.79 Å². The number of aryl methyl sites for hydroxylation is 2. The molecule has 0 bridgehead atoms. The number of carbonyl (C=O) groups is 2. The van der Waals surface area contributed by atoms with Gasteiger partial charge in [-0.15, -0.1) is 0 Å². The van der Waals surface area contributed by atoms with E-state index in [0.29, 0.717) is 0 Å². The summed E-state index contributed by atoms with van der Waals surface area (Å²) < 4.78 is 5.56. The molecule has 0 saturated heterocycles. The molecular weight excluding hydrogens is 374 g/mol. The highest BCUT2D eigenvalue weighted by molar-refractivity contribution is 5.91. The Labute approximate surface area is 178 Å². The average molecular weight is 404 g/mol. The van der Waals surface area contributed by atoms with E-state index in [9.17, 15) is 9.59 Å². The summed E-state index contributed by atoms with van der Waals surface area (Å²) in [5, 5.41) is 5.02. The lowest BCUT2D eigenvalue weighted by Gasteiger charge is -2.21. The van der Waals surface area contributed by atoms with Crippen molar-refractivity contribution in [3.05, 3.63) is 82.9 Å². The van der Waals surface area contributed by atoms with Crippen molar-refractivity contribution in [3.8, 4) is 0 Å². The van der Waals surface area contributed by atoms with Crippen LogP contribution in [0.5, 0.6) is 0 Å². The van der Waals surface area contributed by atoms with Gasteiger partial charge in [-0.05, 0) is 47.2 Å². The Balaban J connectivity index is 1.66. The van der Waals surface area contributed by atoms with Crippen molar-refractivity contribution in [2.75, 3.05) is 0 Å². The van der Waals surface area contributed by atoms with Gasteiger partial charge in [0.2, 0.25) is 5.91 Å². The molecule has 4 nitrogen and oxygen atoms in total. The quantitative estimate of drug-likeness (QED) is 0.572. The fraction of sp³-hybridized carbons (Fsp3) is 0.308. The van der Waals surface area contributed by atoms with Crippen molar-refractivity contribution in [1.29, 1.82) is 0 Å².